The lowest BCUT2D eigenvalue weighted by atomic mass is 9.83. The van der Waals surface area contributed by atoms with E-state index >= 15 is 0 Å². The number of rotatable bonds is 3. The summed E-state index contributed by atoms with van der Waals surface area (Å²) in [5.41, 5.74) is -0.275. The van der Waals surface area contributed by atoms with Gasteiger partial charge in [-0.3, -0.25) is 0 Å². The standard InChI is InChI=1S/C12H24F2/c1-11(2,3)7-9(13)10(14)8-12(4,5)6/h9-10H,7-8H2,1-6H3. The highest BCUT2D eigenvalue weighted by molar-refractivity contribution is 4.78. The van der Waals surface area contributed by atoms with Crippen LogP contribution in [0.4, 0.5) is 8.78 Å². The Balaban J connectivity index is 4.07. The molecule has 0 radical (unpaired) electrons. The third kappa shape index (κ3) is 7.28. The lowest BCUT2D eigenvalue weighted by molar-refractivity contribution is 0.0889. The van der Waals surface area contributed by atoms with Crippen LogP contribution < -0.4 is 0 Å². The zero-order valence-electron chi connectivity index (χ0n) is 10.3. The molecule has 2 heteroatoms. The van der Waals surface area contributed by atoms with Crippen LogP contribution in [0.3, 0.4) is 0 Å². The highest BCUT2D eigenvalue weighted by atomic mass is 19.2. The van der Waals surface area contributed by atoms with Crippen molar-refractivity contribution in [1.82, 2.24) is 0 Å². The summed E-state index contributed by atoms with van der Waals surface area (Å²) in [7, 11) is 0. The van der Waals surface area contributed by atoms with Gasteiger partial charge in [0.05, 0.1) is 0 Å². The van der Waals surface area contributed by atoms with Gasteiger partial charge in [-0.05, 0) is 23.7 Å². The largest absolute Gasteiger partial charge is 0.244 e. The Kier molecular flexibility index (Phi) is 4.54. The Morgan fingerprint density at radius 2 is 0.929 bits per heavy atom. The fourth-order valence-electron chi connectivity index (χ4n) is 1.43. The molecule has 0 spiro atoms. The summed E-state index contributed by atoms with van der Waals surface area (Å²) >= 11 is 0. The summed E-state index contributed by atoms with van der Waals surface area (Å²) in [6.45, 7) is 11.6. The third-order valence-electron chi connectivity index (χ3n) is 2.01. The monoisotopic (exact) mass is 206 g/mol. The maximum atomic E-state index is 13.4. The molecule has 0 aliphatic rings. The van der Waals surface area contributed by atoms with Gasteiger partial charge in [0, 0.05) is 0 Å². The summed E-state index contributed by atoms with van der Waals surface area (Å²) in [6, 6.07) is 0. The second-order valence-corrected chi connectivity index (χ2v) is 6.56. The van der Waals surface area contributed by atoms with E-state index in [4.69, 9.17) is 0 Å². The van der Waals surface area contributed by atoms with Gasteiger partial charge in [0.1, 0.15) is 12.3 Å². The van der Waals surface area contributed by atoms with E-state index < -0.39 is 12.3 Å². The molecule has 0 aromatic carbocycles. The average molecular weight is 206 g/mol. The molecular weight excluding hydrogens is 182 g/mol. The summed E-state index contributed by atoms with van der Waals surface area (Å²) in [5.74, 6) is 0. The summed E-state index contributed by atoms with van der Waals surface area (Å²) < 4.78 is 26.9. The van der Waals surface area contributed by atoms with E-state index in [9.17, 15) is 8.78 Å². The molecule has 0 fully saturated rings. The van der Waals surface area contributed by atoms with Crippen LogP contribution in [-0.4, -0.2) is 12.3 Å². The van der Waals surface area contributed by atoms with Gasteiger partial charge in [-0.1, -0.05) is 41.5 Å². The van der Waals surface area contributed by atoms with Crippen molar-refractivity contribution in [3.63, 3.8) is 0 Å². The number of halogens is 2. The lowest BCUT2D eigenvalue weighted by Crippen LogP contribution is -2.27. The molecule has 2 unspecified atom stereocenters. The molecule has 0 aliphatic carbocycles. The lowest BCUT2D eigenvalue weighted by Gasteiger charge is -2.27. The zero-order valence-corrected chi connectivity index (χ0v) is 10.3. The minimum Gasteiger partial charge on any atom is -0.244 e. The molecule has 0 saturated carbocycles. The zero-order chi connectivity index (χ0) is 11.6. The highest BCUT2D eigenvalue weighted by Crippen LogP contribution is 2.30. The van der Waals surface area contributed by atoms with E-state index in [2.05, 4.69) is 0 Å². The Morgan fingerprint density at radius 3 is 1.07 bits per heavy atom. The van der Waals surface area contributed by atoms with E-state index in [-0.39, 0.29) is 10.8 Å². The predicted octanol–water partition coefficient (Wildman–Crippen LogP) is 4.54. The first-order chi connectivity index (χ1) is 6.01. The number of hydrogen-bond donors (Lipinski definition) is 0. The van der Waals surface area contributed by atoms with Gasteiger partial charge in [-0.2, -0.15) is 0 Å². The molecule has 0 aliphatic heterocycles. The number of alkyl halides is 2. The van der Waals surface area contributed by atoms with Crippen LogP contribution in [0.2, 0.25) is 0 Å². The van der Waals surface area contributed by atoms with Crippen molar-refractivity contribution in [2.75, 3.05) is 0 Å². The molecule has 0 bridgehead atoms. The molecule has 86 valence electrons. The predicted molar refractivity (Wildman–Crippen MR) is 57.9 cm³/mol. The first-order valence-electron chi connectivity index (χ1n) is 5.29. The Morgan fingerprint density at radius 1 is 0.714 bits per heavy atom. The van der Waals surface area contributed by atoms with Gasteiger partial charge in [0.15, 0.2) is 0 Å². The normalized spacial score (nSPS) is 18.0. The molecule has 0 N–H and O–H groups in total. The molecule has 14 heavy (non-hydrogen) atoms. The van der Waals surface area contributed by atoms with Crippen molar-refractivity contribution in [3.8, 4) is 0 Å². The molecule has 0 heterocycles. The van der Waals surface area contributed by atoms with Gasteiger partial charge in [0.25, 0.3) is 0 Å². The van der Waals surface area contributed by atoms with Crippen molar-refractivity contribution in [1.29, 1.82) is 0 Å². The minimum absolute atomic E-state index is 0.137. The Hall–Kier alpha value is -0.140. The SMILES string of the molecule is CC(C)(C)CC(F)C(F)CC(C)(C)C. The molecule has 0 rings (SSSR count). The van der Waals surface area contributed by atoms with Crippen molar-refractivity contribution < 1.29 is 8.78 Å². The van der Waals surface area contributed by atoms with E-state index in [1.165, 1.54) is 0 Å². The Bertz CT molecular complexity index is 142. The van der Waals surface area contributed by atoms with Crippen LogP contribution in [0.25, 0.3) is 0 Å². The molecule has 0 saturated heterocycles. The van der Waals surface area contributed by atoms with Crippen LogP contribution in [0.15, 0.2) is 0 Å². The second-order valence-electron chi connectivity index (χ2n) is 6.56. The summed E-state index contributed by atoms with van der Waals surface area (Å²) in [5, 5.41) is 0. The van der Waals surface area contributed by atoms with Crippen molar-refractivity contribution in [3.05, 3.63) is 0 Å². The van der Waals surface area contributed by atoms with Gasteiger partial charge in [0.2, 0.25) is 0 Å². The first-order valence-corrected chi connectivity index (χ1v) is 5.29. The third-order valence-corrected chi connectivity index (χ3v) is 2.01. The molecule has 0 nitrogen and oxygen atoms in total. The fraction of sp³-hybridized carbons (Fsp3) is 1.00. The van der Waals surface area contributed by atoms with Gasteiger partial charge >= 0.3 is 0 Å². The van der Waals surface area contributed by atoms with Crippen LogP contribution in [0.5, 0.6) is 0 Å². The van der Waals surface area contributed by atoms with Gasteiger partial charge in [-0.25, -0.2) is 8.78 Å². The average Bonchev–Trinajstić information content (AvgIpc) is 1.78. The topological polar surface area (TPSA) is 0 Å². The minimum atomic E-state index is -1.32. The molecule has 0 aromatic heterocycles. The smallest absolute Gasteiger partial charge is 0.132 e. The van der Waals surface area contributed by atoms with Crippen molar-refractivity contribution in [2.24, 2.45) is 10.8 Å². The van der Waals surface area contributed by atoms with Crippen LogP contribution in [0.1, 0.15) is 54.4 Å². The van der Waals surface area contributed by atoms with Crippen molar-refractivity contribution in [2.45, 2.75) is 66.7 Å². The van der Waals surface area contributed by atoms with Gasteiger partial charge < -0.3 is 0 Å². The van der Waals surface area contributed by atoms with E-state index in [0.29, 0.717) is 12.8 Å². The summed E-state index contributed by atoms with van der Waals surface area (Å²) in [4.78, 5) is 0. The molecule has 0 amide bonds. The molecule has 2 atom stereocenters. The van der Waals surface area contributed by atoms with Crippen LogP contribution >= 0.6 is 0 Å². The highest BCUT2D eigenvalue weighted by Gasteiger charge is 2.29. The number of hydrogen-bond acceptors (Lipinski definition) is 0. The van der Waals surface area contributed by atoms with Crippen LogP contribution in [-0.2, 0) is 0 Å². The van der Waals surface area contributed by atoms with E-state index in [1.54, 1.807) is 0 Å². The van der Waals surface area contributed by atoms with Crippen LogP contribution in [0, 0.1) is 10.8 Å². The molecule has 0 aromatic rings. The maximum absolute atomic E-state index is 13.4. The molecular formula is C12H24F2. The summed E-state index contributed by atoms with van der Waals surface area (Å²) in [6.07, 6.45) is -2.06. The van der Waals surface area contributed by atoms with Crippen molar-refractivity contribution >= 4 is 0 Å². The van der Waals surface area contributed by atoms with E-state index in [1.807, 2.05) is 41.5 Å². The van der Waals surface area contributed by atoms with Gasteiger partial charge in [-0.15, -0.1) is 0 Å². The first kappa shape index (κ1) is 13.9. The van der Waals surface area contributed by atoms with E-state index in [0.717, 1.165) is 0 Å². The maximum Gasteiger partial charge on any atom is 0.132 e. The quantitative estimate of drug-likeness (QED) is 0.636. The second kappa shape index (κ2) is 4.59. The fourth-order valence-corrected chi connectivity index (χ4v) is 1.43. The Labute approximate surface area is 87.1 Å².